The predicted octanol–water partition coefficient (Wildman–Crippen LogP) is 5.90. The first-order valence-electron chi connectivity index (χ1n) is 9.21. The minimum atomic E-state index is -0.265. The molecule has 2 nitrogen and oxygen atoms in total. The Morgan fingerprint density at radius 1 is 0.926 bits per heavy atom. The van der Waals surface area contributed by atoms with Crippen LogP contribution in [0.3, 0.4) is 0 Å². The minimum absolute atomic E-state index is 0.0452. The van der Waals surface area contributed by atoms with Crippen molar-refractivity contribution in [2.45, 2.75) is 25.7 Å². The first-order valence-corrected chi connectivity index (χ1v) is 9.59. The smallest absolute Gasteiger partial charge is 0.228 e. The molecule has 0 bridgehead atoms. The number of aryl methyl sites for hydroxylation is 2. The Bertz CT molecular complexity index is 965. The Hall–Kier alpha value is -2.58. The molecule has 1 saturated carbocycles. The van der Waals surface area contributed by atoms with Crippen LogP contribution in [0.15, 0.2) is 72.8 Å². The van der Waals surface area contributed by atoms with Crippen LogP contribution < -0.4 is 5.32 Å². The average molecular weight is 376 g/mol. The van der Waals surface area contributed by atoms with E-state index < -0.39 is 0 Å². The highest BCUT2D eigenvalue weighted by Gasteiger charge is 2.61. The zero-order valence-corrected chi connectivity index (χ0v) is 16.3. The topological polar surface area (TPSA) is 29.1 Å². The molecule has 0 saturated heterocycles. The van der Waals surface area contributed by atoms with Gasteiger partial charge in [0.2, 0.25) is 5.91 Å². The Labute approximate surface area is 165 Å². The van der Waals surface area contributed by atoms with E-state index >= 15 is 0 Å². The molecule has 3 aromatic carbocycles. The van der Waals surface area contributed by atoms with Crippen LogP contribution in [0, 0.1) is 19.8 Å². The Kier molecular flexibility index (Phi) is 4.53. The summed E-state index contributed by atoms with van der Waals surface area (Å²) in [5.74, 6) is -0.0533. The van der Waals surface area contributed by atoms with Crippen molar-refractivity contribution in [3.63, 3.8) is 0 Å². The summed E-state index contributed by atoms with van der Waals surface area (Å²) in [4.78, 5) is 13.1. The molecule has 1 aliphatic carbocycles. The van der Waals surface area contributed by atoms with E-state index in [0.29, 0.717) is 5.02 Å². The van der Waals surface area contributed by atoms with Crippen LogP contribution in [0.1, 0.15) is 28.7 Å². The van der Waals surface area contributed by atoms with E-state index in [1.807, 2.05) is 24.3 Å². The standard InChI is InChI=1S/C24H22ClNO/c1-16-8-3-5-12-20(16)24(21-13-6-4-9-17(21)2)15-22(24)23(27)26-19-11-7-10-18(25)14-19/h3-14,22H,15H2,1-2H3,(H,26,27). The van der Waals surface area contributed by atoms with Crippen LogP contribution in [0.4, 0.5) is 5.69 Å². The summed E-state index contributed by atoms with van der Waals surface area (Å²) in [6.07, 6.45) is 0.815. The van der Waals surface area contributed by atoms with Crippen molar-refractivity contribution < 1.29 is 4.79 Å². The molecule has 4 rings (SSSR count). The molecule has 1 amide bonds. The molecule has 0 aliphatic heterocycles. The fraction of sp³-hybridized carbons (Fsp3) is 0.208. The molecule has 27 heavy (non-hydrogen) atoms. The van der Waals surface area contributed by atoms with Gasteiger partial charge in [0.05, 0.1) is 5.92 Å². The van der Waals surface area contributed by atoms with Crippen molar-refractivity contribution in [2.75, 3.05) is 5.32 Å². The lowest BCUT2D eigenvalue weighted by Gasteiger charge is -2.23. The molecule has 1 unspecified atom stereocenters. The van der Waals surface area contributed by atoms with Gasteiger partial charge in [-0.05, 0) is 60.7 Å². The minimum Gasteiger partial charge on any atom is -0.326 e. The van der Waals surface area contributed by atoms with E-state index in [1.165, 1.54) is 22.3 Å². The SMILES string of the molecule is Cc1ccccc1C1(c2ccccc2C)CC1C(=O)Nc1cccc(Cl)c1. The van der Waals surface area contributed by atoms with Crippen LogP contribution in [0.25, 0.3) is 0 Å². The number of hydrogen-bond acceptors (Lipinski definition) is 1. The van der Waals surface area contributed by atoms with Gasteiger partial charge in [-0.25, -0.2) is 0 Å². The summed E-state index contributed by atoms with van der Waals surface area (Å²) < 4.78 is 0. The summed E-state index contributed by atoms with van der Waals surface area (Å²) in [6.45, 7) is 4.25. The van der Waals surface area contributed by atoms with Crippen molar-refractivity contribution in [1.82, 2.24) is 0 Å². The second-order valence-electron chi connectivity index (χ2n) is 7.36. The van der Waals surface area contributed by atoms with E-state index in [4.69, 9.17) is 11.6 Å². The molecule has 0 aromatic heterocycles. The van der Waals surface area contributed by atoms with Crippen molar-refractivity contribution >= 4 is 23.2 Å². The lowest BCUT2D eigenvalue weighted by Crippen LogP contribution is -2.23. The number of rotatable bonds is 4. The average Bonchev–Trinajstić information content (AvgIpc) is 3.39. The normalized spacial score (nSPS) is 17.4. The summed E-state index contributed by atoms with van der Waals surface area (Å²) in [5, 5.41) is 3.67. The number of hydrogen-bond donors (Lipinski definition) is 1. The third-order valence-corrected chi connectivity index (χ3v) is 5.86. The van der Waals surface area contributed by atoms with Gasteiger partial charge in [-0.15, -0.1) is 0 Å². The highest BCUT2D eigenvalue weighted by molar-refractivity contribution is 6.30. The molecule has 1 fully saturated rings. The highest BCUT2D eigenvalue weighted by Crippen LogP contribution is 2.60. The van der Waals surface area contributed by atoms with E-state index in [-0.39, 0.29) is 17.2 Å². The summed E-state index contributed by atoms with van der Waals surface area (Å²) in [5.41, 5.74) is 5.40. The summed E-state index contributed by atoms with van der Waals surface area (Å²) in [6, 6.07) is 24.1. The summed E-state index contributed by atoms with van der Waals surface area (Å²) in [7, 11) is 0. The Morgan fingerprint density at radius 2 is 1.52 bits per heavy atom. The number of halogens is 1. The third-order valence-electron chi connectivity index (χ3n) is 5.62. The van der Waals surface area contributed by atoms with Gasteiger partial charge in [-0.1, -0.05) is 66.2 Å². The zero-order valence-electron chi connectivity index (χ0n) is 15.5. The molecule has 0 heterocycles. The van der Waals surface area contributed by atoms with Gasteiger partial charge in [0.15, 0.2) is 0 Å². The second-order valence-corrected chi connectivity index (χ2v) is 7.79. The third kappa shape index (κ3) is 3.15. The quantitative estimate of drug-likeness (QED) is 0.604. The van der Waals surface area contributed by atoms with Crippen LogP contribution in [-0.4, -0.2) is 5.91 Å². The lowest BCUT2D eigenvalue weighted by atomic mass is 9.81. The number of carbonyl (C=O) groups is 1. The zero-order chi connectivity index (χ0) is 19.0. The maximum absolute atomic E-state index is 13.1. The molecule has 3 heteroatoms. The van der Waals surface area contributed by atoms with Gasteiger partial charge in [-0.3, -0.25) is 4.79 Å². The fourth-order valence-electron chi connectivity index (χ4n) is 4.26. The van der Waals surface area contributed by atoms with Crippen LogP contribution >= 0.6 is 11.6 Å². The molecule has 0 radical (unpaired) electrons. The van der Waals surface area contributed by atoms with Crippen molar-refractivity contribution in [3.8, 4) is 0 Å². The second kappa shape index (κ2) is 6.86. The van der Waals surface area contributed by atoms with Gasteiger partial charge in [0.1, 0.15) is 0 Å². The number of carbonyl (C=O) groups excluding carboxylic acids is 1. The van der Waals surface area contributed by atoms with E-state index in [2.05, 4.69) is 55.6 Å². The number of benzene rings is 3. The number of anilines is 1. The molecule has 1 atom stereocenters. The van der Waals surface area contributed by atoms with E-state index in [0.717, 1.165) is 12.1 Å². The molecule has 1 N–H and O–H groups in total. The largest absolute Gasteiger partial charge is 0.326 e. The van der Waals surface area contributed by atoms with Crippen molar-refractivity contribution in [3.05, 3.63) is 100 Å². The first-order chi connectivity index (χ1) is 13.0. The van der Waals surface area contributed by atoms with Gasteiger partial charge in [0, 0.05) is 16.1 Å². The van der Waals surface area contributed by atoms with Crippen LogP contribution in [0.5, 0.6) is 0 Å². The van der Waals surface area contributed by atoms with Crippen molar-refractivity contribution in [2.24, 2.45) is 5.92 Å². The number of nitrogens with one attached hydrogen (secondary N) is 1. The fourth-order valence-corrected chi connectivity index (χ4v) is 4.45. The van der Waals surface area contributed by atoms with Gasteiger partial charge < -0.3 is 5.32 Å². The Morgan fingerprint density at radius 3 is 2.07 bits per heavy atom. The van der Waals surface area contributed by atoms with Gasteiger partial charge in [-0.2, -0.15) is 0 Å². The summed E-state index contributed by atoms with van der Waals surface area (Å²) >= 11 is 6.06. The van der Waals surface area contributed by atoms with Crippen LogP contribution in [0.2, 0.25) is 5.02 Å². The van der Waals surface area contributed by atoms with Gasteiger partial charge in [0.25, 0.3) is 0 Å². The molecule has 1 aliphatic rings. The van der Waals surface area contributed by atoms with E-state index in [1.54, 1.807) is 12.1 Å². The van der Waals surface area contributed by atoms with E-state index in [9.17, 15) is 4.79 Å². The number of amides is 1. The Balaban J connectivity index is 1.73. The molecular weight excluding hydrogens is 354 g/mol. The predicted molar refractivity (Wildman–Crippen MR) is 111 cm³/mol. The van der Waals surface area contributed by atoms with Crippen LogP contribution in [-0.2, 0) is 10.2 Å². The molecular formula is C24H22ClNO. The maximum Gasteiger partial charge on any atom is 0.228 e. The molecule has 3 aromatic rings. The molecule has 0 spiro atoms. The lowest BCUT2D eigenvalue weighted by molar-refractivity contribution is -0.117. The molecule has 136 valence electrons. The highest BCUT2D eigenvalue weighted by atomic mass is 35.5. The monoisotopic (exact) mass is 375 g/mol. The first kappa shape index (κ1) is 17.8. The van der Waals surface area contributed by atoms with Gasteiger partial charge >= 0.3 is 0 Å². The van der Waals surface area contributed by atoms with Crippen molar-refractivity contribution in [1.29, 1.82) is 0 Å². The maximum atomic E-state index is 13.1.